The summed E-state index contributed by atoms with van der Waals surface area (Å²) in [6, 6.07) is 8.60. The number of hydrogen-bond donors (Lipinski definition) is 2. The van der Waals surface area contributed by atoms with Gasteiger partial charge in [0.25, 0.3) is 0 Å². The fourth-order valence-corrected chi connectivity index (χ4v) is 1.71. The van der Waals surface area contributed by atoms with Crippen LogP contribution in [0.15, 0.2) is 24.3 Å². The molecule has 0 saturated heterocycles. The molecule has 0 aliphatic carbocycles. The molecule has 0 heterocycles. The van der Waals surface area contributed by atoms with Crippen LogP contribution < -0.4 is 11.3 Å². The van der Waals surface area contributed by atoms with E-state index in [2.05, 4.69) is 50.5 Å². The molecule has 0 aliphatic rings. The highest BCUT2D eigenvalue weighted by atomic mass is 15.4. The highest BCUT2D eigenvalue weighted by molar-refractivity contribution is 5.28. The van der Waals surface area contributed by atoms with Gasteiger partial charge >= 0.3 is 0 Å². The normalized spacial score (nSPS) is 14.2. The topological polar surface area (TPSA) is 41.3 Å². The molecule has 1 aromatic rings. The van der Waals surface area contributed by atoms with E-state index in [9.17, 15) is 0 Å². The average Bonchev–Trinajstić information content (AvgIpc) is 2.17. The van der Waals surface area contributed by atoms with E-state index < -0.39 is 0 Å². The van der Waals surface area contributed by atoms with Gasteiger partial charge in [-0.1, -0.05) is 45.0 Å². The minimum absolute atomic E-state index is 0.0639. The van der Waals surface area contributed by atoms with E-state index in [1.54, 1.807) is 0 Å². The van der Waals surface area contributed by atoms with Gasteiger partial charge in [-0.05, 0) is 30.6 Å². The smallest absolute Gasteiger partial charge is 0.0980 e. The first-order chi connectivity index (χ1) is 7.36. The highest BCUT2D eigenvalue weighted by Crippen LogP contribution is 2.24. The Morgan fingerprint density at radius 1 is 1.12 bits per heavy atom. The lowest BCUT2D eigenvalue weighted by molar-refractivity contribution is 0.253. The summed E-state index contributed by atoms with van der Waals surface area (Å²) in [5.41, 5.74) is 5.52. The second-order valence-corrected chi connectivity index (χ2v) is 5.40. The molecule has 90 valence electrons. The van der Waals surface area contributed by atoms with Crippen LogP contribution in [0.2, 0.25) is 0 Å². The zero-order chi connectivity index (χ0) is 12.3. The number of rotatable bonds is 3. The van der Waals surface area contributed by atoms with E-state index in [1.807, 2.05) is 19.0 Å². The zero-order valence-electron chi connectivity index (χ0n) is 10.9. The van der Waals surface area contributed by atoms with E-state index in [0.29, 0.717) is 0 Å². The molecule has 3 N–H and O–H groups in total. The Hall–Kier alpha value is -0.900. The van der Waals surface area contributed by atoms with Crippen molar-refractivity contribution in [2.24, 2.45) is 5.84 Å². The molecule has 0 fully saturated rings. The number of nitrogens with two attached hydrogens (primary N) is 1. The number of nitrogens with one attached hydrogen (secondary N) is 1. The third-order valence-electron chi connectivity index (χ3n) is 2.77. The van der Waals surface area contributed by atoms with E-state index in [1.165, 1.54) is 11.1 Å². The summed E-state index contributed by atoms with van der Waals surface area (Å²) >= 11 is 0. The lowest BCUT2D eigenvalue weighted by Gasteiger charge is -2.25. The van der Waals surface area contributed by atoms with Crippen LogP contribution in [0.25, 0.3) is 0 Å². The van der Waals surface area contributed by atoms with Gasteiger partial charge in [0.1, 0.15) is 0 Å². The largest absolute Gasteiger partial charge is 0.289 e. The number of hydrazine groups is 1. The van der Waals surface area contributed by atoms with Crippen molar-refractivity contribution in [2.75, 3.05) is 14.1 Å². The molecule has 0 spiro atoms. The molecule has 3 heteroatoms. The highest BCUT2D eigenvalue weighted by Gasteiger charge is 2.15. The third kappa shape index (κ3) is 3.04. The van der Waals surface area contributed by atoms with Crippen molar-refractivity contribution in [2.45, 2.75) is 32.4 Å². The van der Waals surface area contributed by atoms with E-state index >= 15 is 0 Å². The first kappa shape index (κ1) is 13.2. The van der Waals surface area contributed by atoms with Crippen molar-refractivity contribution < 1.29 is 0 Å². The minimum Gasteiger partial charge on any atom is -0.289 e. The lowest BCUT2D eigenvalue weighted by atomic mass is 9.86. The van der Waals surface area contributed by atoms with Crippen LogP contribution >= 0.6 is 0 Å². The molecule has 0 saturated carbocycles. The van der Waals surface area contributed by atoms with Crippen LogP contribution in [-0.4, -0.2) is 19.0 Å². The van der Waals surface area contributed by atoms with Gasteiger partial charge in [0.15, 0.2) is 0 Å². The minimum atomic E-state index is 0.0639. The SMILES string of the molecule is CN(C)C(NN)c1ccc(C(C)(C)C)cc1. The van der Waals surface area contributed by atoms with Crippen LogP contribution in [0.3, 0.4) is 0 Å². The van der Waals surface area contributed by atoms with Crippen LogP contribution in [0.4, 0.5) is 0 Å². The standard InChI is InChI=1S/C13H23N3/c1-13(2,3)11-8-6-10(7-9-11)12(15-14)16(4)5/h6-9,12,15H,14H2,1-5H3. The molecule has 3 nitrogen and oxygen atoms in total. The van der Waals surface area contributed by atoms with Crippen molar-refractivity contribution in [3.05, 3.63) is 35.4 Å². The van der Waals surface area contributed by atoms with E-state index in [0.717, 1.165) is 0 Å². The fourth-order valence-electron chi connectivity index (χ4n) is 1.71. The summed E-state index contributed by atoms with van der Waals surface area (Å²) < 4.78 is 0. The number of benzene rings is 1. The quantitative estimate of drug-likeness (QED) is 0.466. The molecule has 0 aliphatic heterocycles. The van der Waals surface area contributed by atoms with Gasteiger partial charge in [-0.3, -0.25) is 10.7 Å². The molecule has 1 rings (SSSR count). The van der Waals surface area contributed by atoms with Gasteiger partial charge in [-0.25, -0.2) is 5.43 Å². The predicted molar refractivity (Wildman–Crippen MR) is 68.9 cm³/mol. The second kappa shape index (κ2) is 4.95. The Balaban J connectivity index is 2.94. The van der Waals surface area contributed by atoms with Crippen molar-refractivity contribution in [1.29, 1.82) is 0 Å². The van der Waals surface area contributed by atoms with Crippen LogP contribution in [0, 0.1) is 0 Å². The Kier molecular flexibility index (Phi) is 4.08. The second-order valence-electron chi connectivity index (χ2n) is 5.40. The van der Waals surface area contributed by atoms with Gasteiger partial charge in [-0.2, -0.15) is 0 Å². The Morgan fingerprint density at radius 3 is 1.94 bits per heavy atom. The van der Waals surface area contributed by atoms with Gasteiger partial charge in [-0.15, -0.1) is 0 Å². The van der Waals surface area contributed by atoms with Crippen molar-refractivity contribution in [3.8, 4) is 0 Å². The Morgan fingerprint density at radius 2 is 1.62 bits per heavy atom. The molecule has 0 radical (unpaired) electrons. The summed E-state index contributed by atoms with van der Waals surface area (Å²) in [4.78, 5) is 2.05. The van der Waals surface area contributed by atoms with Crippen LogP contribution in [-0.2, 0) is 5.41 Å². The number of hydrogen-bond acceptors (Lipinski definition) is 3. The average molecular weight is 221 g/mol. The number of nitrogens with zero attached hydrogens (tertiary/aromatic N) is 1. The summed E-state index contributed by atoms with van der Waals surface area (Å²) in [6.45, 7) is 6.64. The lowest BCUT2D eigenvalue weighted by Crippen LogP contribution is -2.37. The van der Waals surface area contributed by atoms with Crippen molar-refractivity contribution >= 4 is 0 Å². The Labute approximate surface area is 98.6 Å². The summed E-state index contributed by atoms with van der Waals surface area (Å²) in [5, 5.41) is 0. The molecule has 0 amide bonds. The van der Waals surface area contributed by atoms with Gasteiger partial charge < -0.3 is 0 Å². The van der Waals surface area contributed by atoms with Crippen LogP contribution in [0.1, 0.15) is 38.1 Å². The van der Waals surface area contributed by atoms with Crippen LogP contribution in [0.5, 0.6) is 0 Å². The monoisotopic (exact) mass is 221 g/mol. The van der Waals surface area contributed by atoms with E-state index in [-0.39, 0.29) is 11.6 Å². The first-order valence-electron chi connectivity index (χ1n) is 5.59. The molecule has 16 heavy (non-hydrogen) atoms. The van der Waals surface area contributed by atoms with E-state index in [4.69, 9.17) is 5.84 Å². The van der Waals surface area contributed by atoms with Crippen molar-refractivity contribution in [3.63, 3.8) is 0 Å². The third-order valence-corrected chi connectivity index (χ3v) is 2.77. The molecule has 1 aromatic carbocycles. The van der Waals surface area contributed by atoms with Gasteiger partial charge in [0, 0.05) is 0 Å². The predicted octanol–water partition coefficient (Wildman–Crippen LogP) is 2.01. The summed E-state index contributed by atoms with van der Waals surface area (Å²) in [5.74, 6) is 5.54. The summed E-state index contributed by atoms with van der Waals surface area (Å²) in [7, 11) is 4.00. The maximum absolute atomic E-state index is 5.54. The van der Waals surface area contributed by atoms with Crippen molar-refractivity contribution in [1.82, 2.24) is 10.3 Å². The fraction of sp³-hybridized carbons (Fsp3) is 0.538. The Bertz CT molecular complexity index is 322. The molecular weight excluding hydrogens is 198 g/mol. The molecule has 1 atom stereocenters. The first-order valence-corrected chi connectivity index (χ1v) is 5.59. The summed E-state index contributed by atoms with van der Waals surface area (Å²) in [6.07, 6.45) is 0.0639. The molecule has 1 unspecified atom stereocenters. The molecule has 0 bridgehead atoms. The molecule has 0 aromatic heterocycles. The van der Waals surface area contributed by atoms with Gasteiger partial charge in [0.2, 0.25) is 0 Å². The molecular formula is C13H23N3. The van der Waals surface area contributed by atoms with Gasteiger partial charge in [0.05, 0.1) is 6.17 Å². The maximum atomic E-state index is 5.54. The maximum Gasteiger partial charge on any atom is 0.0980 e. The zero-order valence-corrected chi connectivity index (χ0v) is 10.9.